The quantitative estimate of drug-likeness (QED) is 0.0625. The normalized spacial score (nSPS) is 10.6. The first-order chi connectivity index (χ1) is 24.2. The molecule has 0 atom stereocenters. The Morgan fingerprint density at radius 1 is 0.380 bits per heavy atom. The maximum absolute atomic E-state index is 11.6. The number of nitrogens with one attached hydrogen (secondary N) is 4. The fraction of sp³-hybridized carbons (Fsp3) is 0.848. The van der Waals surface area contributed by atoms with Crippen molar-refractivity contribution in [2.24, 2.45) is 0 Å². The minimum Gasteiger partial charge on any atom is -0.379 e. The van der Waals surface area contributed by atoms with Crippen LogP contribution in [0.3, 0.4) is 0 Å². The highest BCUT2D eigenvalue weighted by molar-refractivity contribution is 5.76. The van der Waals surface area contributed by atoms with Crippen LogP contribution >= 0.6 is 0 Å². The summed E-state index contributed by atoms with van der Waals surface area (Å²) < 4.78 is 42.0. The number of carbonyl (C=O) groups is 5. The first kappa shape index (κ1) is 49.3. The number of carbonyl (C=O) groups excluding carboxylic acids is 5. The van der Waals surface area contributed by atoms with Gasteiger partial charge in [0.2, 0.25) is 23.6 Å². The van der Waals surface area contributed by atoms with Crippen LogP contribution in [0.4, 0.5) is 0 Å². The first-order valence-corrected chi connectivity index (χ1v) is 17.4. The Morgan fingerprint density at radius 2 is 0.700 bits per heavy atom. The predicted octanol–water partition coefficient (Wildman–Crippen LogP) is -0.220. The van der Waals surface area contributed by atoms with Gasteiger partial charge in [-0.1, -0.05) is 6.92 Å². The van der Waals surface area contributed by atoms with Crippen LogP contribution in [-0.2, 0) is 61.9 Å². The van der Waals surface area contributed by atoms with E-state index in [1.165, 1.54) is 13.8 Å². The zero-order chi connectivity index (χ0) is 37.3. The van der Waals surface area contributed by atoms with Crippen LogP contribution in [0.2, 0.25) is 0 Å². The van der Waals surface area contributed by atoms with Crippen molar-refractivity contribution < 1.29 is 61.9 Å². The molecule has 0 rings (SSSR count). The van der Waals surface area contributed by atoms with Crippen LogP contribution in [0.25, 0.3) is 0 Å². The molecule has 0 spiro atoms. The molecule has 50 heavy (non-hydrogen) atoms. The molecule has 0 bridgehead atoms. The lowest BCUT2D eigenvalue weighted by Crippen LogP contribution is -2.28. The molecule has 0 aliphatic heterocycles. The van der Waals surface area contributed by atoms with Crippen molar-refractivity contribution in [3.63, 3.8) is 0 Å². The van der Waals surface area contributed by atoms with E-state index in [9.17, 15) is 24.0 Å². The number of hydrogen-bond acceptors (Lipinski definition) is 13. The molecule has 0 heterocycles. The van der Waals surface area contributed by atoms with Gasteiger partial charge in [-0.25, -0.2) is 0 Å². The molecule has 0 saturated carbocycles. The third kappa shape index (κ3) is 45.2. The van der Waals surface area contributed by atoms with Crippen LogP contribution in [0.1, 0.15) is 53.4 Å². The molecule has 0 aliphatic carbocycles. The van der Waals surface area contributed by atoms with Crippen molar-refractivity contribution in [1.82, 2.24) is 21.3 Å². The standard InChI is InChI=1S/C18H34N2O7.C15H30N2O6/c1-3-17(22)19-6-10-26-15-13-25-9-5-18(23)20-7-11-27-14-12-24-8-4-16(2)21;1-3-20-10-11-23-9-6-17-15(19)4-7-21-12-13-22-8-5-16-14(2)18/h3-15H2,1-2H3,(H,19,22)(H,20,23);3-13H2,1-2H3,(H,16,18)(H,17,19). The van der Waals surface area contributed by atoms with E-state index in [1.54, 1.807) is 6.92 Å². The molecule has 0 aromatic carbocycles. The Hall–Kier alpha value is -2.77. The average Bonchev–Trinajstić information content (AvgIpc) is 3.08. The van der Waals surface area contributed by atoms with Crippen molar-refractivity contribution in [1.29, 1.82) is 0 Å². The van der Waals surface area contributed by atoms with Gasteiger partial charge in [-0.2, -0.15) is 0 Å². The summed E-state index contributed by atoms with van der Waals surface area (Å²) in [6.07, 6.45) is 1.47. The Kier molecular flexibility index (Phi) is 40.1. The molecule has 0 saturated heterocycles. The maximum atomic E-state index is 11.6. The summed E-state index contributed by atoms with van der Waals surface area (Å²) in [6, 6.07) is 0. The molecule has 17 heteroatoms. The third-order valence-corrected chi connectivity index (χ3v) is 5.88. The molecule has 0 aromatic rings. The summed E-state index contributed by atoms with van der Waals surface area (Å²) in [5, 5.41) is 10.8. The van der Waals surface area contributed by atoms with Gasteiger partial charge >= 0.3 is 0 Å². The lowest BCUT2D eigenvalue weighted by atomic mass is 10.3. The number of ether oxygens (including phenoxy) is 8. The van der Waals surface area contributed by atoms with E-state index in [0.717, 1.165) is 0 Å². The molecule has 4 amide bonds. The first-order valence-electron chi connectivity index (χ1n) is 17.4. The molecule has 0 aliphatic rings. The van der Waals surface area contributed by atoms with Crippen LogP contribution in [0, 0.1) is 0 Å². The topological polar surface area (TPSA) is 207 Å². The summed E-state index contributed by atoms with van der Waals surface area (Å²) >= 11 is 0. The highest BCUT2D eigenvalue weighted by Gasteiger charge is 2.02. The van der Waals surface area contributed by atoms with Gasteiger partial charge in [-0.15, -0.1) is 0 Å². The number of ketones is 1. The fourth-order valence-electron chi connectivity index (χ4n) is 3.26. The Balaban J connectivity index is 0. The van der Waals surface area contributed by atoms with Gasteiger partial charge in [-0.05, 0) is 13.8 Å². The van der Waals surface area contributed by atoms with Crippen molar-refractivity contribution in [2.75, 3.05) is 132 Å². The number of amides is 4. The zero-order valence-electron chi connectivity index (χ0n) is 30.8. The van der Waals surface area contributed by atoms with Crippen molar-refractivity contribution in [2.45, 2.75) is 53.4 Å². The summed E-state index contributed by atoms with van der Waals surface area (Å²) in [5.74, 6) is -0.128. The molecule has 0 fully saturated rings. The molecule has 4 N–H and O–H groups in total. The van der Waals surface area contributed by atoms with Crippen LogP contribution in [0.15, 0.2) is 0 Å². The van der Waals surface area contributed by atoms with Gasteiger partial charge in [0.15, 0.2) is 0 Å². The maximum Gasteiger partial charge on any atom is 0.222 e. The van der Waals surface area contributed by atoms with Gasteiger partial charge < -0.3 is 59.2 Å². The van der Waals surface area contributed by atoms with Crippen LogP contribution in [0.5, 0.6) is 0 Å². The van der Waals surface area contributed by atoms with E-state index in [-0.39, 0.29) is 35.8 Å². The van der Waals surface area contributed by atoms with Gasteiger partial charge in [-0.3, -0.25) is 24.0 Å². The highest BCUT2D eigenvalue weighted by Crippen LogP contribution is 1.88. The van der Waals surface area contributed by atoms with E-state index >= 15 is 0 Å². The summed E-state index contributed by atoms with van der Waals surface area (Å²) in [4.78, 5) is 55.3. The molecule has 0 unspecified atom stereocenters. The van der Waals surface area contributed by atoms with Crippen LogP contribution < -0.4 is 21.3 Å². The van der Waals surface area contributed by atoms with Gasteiger partial charge in [0.25, 0.3) is 0 Å². The molecule has 0 aromatic heterocycles. The number of rotatable bonds is 35. The van der Waals surface area contributed by atoms with E-state index in [4.69, 9.17) is 37.9 Å². The molecular weight excluding hydrogens is 660 g/mol. The molecule has 17 nitrogen and oxygen atoms in total. The summed E-state index contributed by atoms with van der Waals surface area (Å²) in [6.45, 7) is 15.8. The highest BCUT2D eigenvalue weighted by atomic mass is 16.5. The summed E-state index contributed by atoms with van der Waals surface area (Å²) in [7, 11) is 0. The van der Waals surface area contributed by atoms with E-state index in [0.29, 0.717) is 151 Å². The second-order valence-corrected chi connectivity index (χ2v) is 10.3. The second kappa shape index (κ2) is 40.7. The van der Waals surface area contributed by atoms with Gasteiger partial charge in [0.1, 0.15) is 5.78 Å². The molecule has 294 valence electrons. The van der Waals surface area contributed by atoms with Crippen LogP contribution in [-0.4, -0.2) is 161 Å². The van der Waals surface area contributed by atoms with Gasteiger partial charge in [0.05, 0.1) is 99.1 Å². The second-order valence-electron chi connectivity index (χ2n) is 10.3. The minimum atomic E-state index is -0.0977. The number of hydrogen-bond donors (Lipinski definition) is 4. The molecular formula is C33H64N4O13. The average molecular weight is 725 g/mol. The third-order valence-electron chi connectivity index (χ3n) is 5.88. The fourth-order valence-corrected chi connectivity index (χ4v) is 3.26. The Labute approximate surface area is 297 Å². The lowest BCUT2D eigenvalue weighted by molar-refractivity contribution is -0.123. The van der Waals surface area contributed by atoms with Crippen molar-refractivity contribution in [3.05, 3.63) is 0 Å². The number of Topliss-reactive ketones (excluding diaryl/α,β-unsaturated/α-hetero) is 1. The van der Waals surface area contributed by atoms with E-state index in [2.05, 4.69) is 21.3 Å². The van der Waals surface area contributed by atoms with Crippen molar-refractivity contribution in [3.8, 4) is 0 Å². The summed E-state index contributed by atoms with van der Waals surface area (Å²) in [5.41, 5.74) is 0. The van der Waals surface area contributed by atoms with E-state index < -0.39 is 0 Å². The Bertz CT molecular complexity index is 837. The van der Waals surface area contributed by atoms with Crippen molar-refractivity contribution >= 4 is 29.4 Å². The SMILES string of the molecule is CCC(=O)NCCOCCOCCC(=O)NCCOCCOCCC(C)=O.CCOCCOCCNC(=O)CCOCCOCCNC(C)=O. The minimum absolute atomic E-state index is 0.00394. The Morgan fingerprint density at radius 3 is 1.04 bits per heavy atom. The lowest BCUT2D eigenvalue weighted by Gasteiger charge is -2.08. The van der Waals surface area contributed by atoms with E-state index in [1.807, 2.05) is 6.92 Å². The smallest absolute Gasteiger partial charge is 0.222 e. The monoisotopic (exact) mass is 724 g/mol. The predicted molar refractivity (Wildman–Crippen MR) is 185 cm³/mol. The van der Waals surface area contributed by atoms with Gasteiger partial charge in [0, 0.05) is 65.4 Å². The molecule has 0 radical (unpaired) electrons. The zero-order valence-corrected chi connectivity index (χ0v) is 30.8. The largest absolute Gasteiger partial charge is 0.379 e.